The number of hydrogen-bond acceptors (Lipinski definition) is 9. The van der Waals surface area contributed by atoms with Gasteiger partial charge in [0.2, 0.25) is 17.5 Å². The van der Waals surface area contributed by atoms with Crippen molar-refractivity contribution in [1.82, 2.24) is 29.2 Å². The van der Waals surface area contributed by atoms with E-state index in [-0.39, 0.29) is 29.7 Å². The summed E-state index contributed by atoms with van der Waals surface area (Å²) in [4.78, 5) is 39.3. The van der Waals surface area contributed by atoms with Gasteiger partial charge in [0.05, 0.1) is 18.1 Å². The van der Waals surface area contributed by atoms with E-state index in [0.29, 0.717) is 54.8 Å². The minimum Gasteiger partial charge on any atom is -0.471 e. The van der Waals surface area contributed by atoms with Crippen molar-refractivity contribution in [1.29, 1.82) is 0 Å². The van der Waals surface area contributed by atoms with Crippen LogP contribution < -0.4 is 10.4 Å². The van der Waals surface area contributed by atoms with Crippen LogP contribution in [0.4, 0.5) is 0 Å². The zero-order valence-electron chi connectivity index (χ0n) is 24.4. The Morgan fingerprint density at radius 1 is 1.10 bits per heavy atom. The molecule has 2 aliphatic carbocycles. The number of imidazole rings is 1. The number of likely N-dealkylation sites (tertiary alicyclic amines) is 1. The van der Waals surface area contributed by atoms with E-state index >= 15 is 0 Å². The van der Waals surface area contributed by atoms with Gasteiger partial charge in [0.1, 0.15) is 17.6 Å². The Balaban J connectivity index is 1.40. The highest BCUT2D eigenvalue weighted by molar-refractivity contribution is 5.91. The van der Waals surface area contributed by atoms with Gasteiger partial charge < -0.3 is 14.0 Å². The average molecular weight is 565 g/mol. The van der Waals surface area contributed by atoms with Gasteiger partial charge in [0, 0.05) is 31.2 Å². The summed E-state index contributed by atoms with van der Waals surface area (Å²) in [6.45, 7) is 6.60. The maximum atomic E-state index is 13.8. The summed E-state index contributed by atoms with van der Waals surface area (Å²) in [7, 11) is 2.13. The molecule has 1 saturated carbocycles. The molecule has 41 heavy (non-hydrogen) atoms. The molecular weight excluding hydrogens is 524 g/mol. The summed E-state index contributed by atoms with van der Waals surface area (Å²) in [5.41, 5.74) is 2.13. The van der Waals surface area contributed by atoms with Gasteiger partial charge in [-0.3, -0.25) is 18.8 Å². The zero-order chi connectivity index (χ0) is 28.3. The number of Topliss-reactive ketones (excluding diaryl/α,β-unsaturated/α-hetero) is 1. The van der Waals surface area contributed by atoms with E-state index in [1.54, 1.807) is 9.13 Å². The molecule has 4 aliphatic rings. The van der Waals surface area contributed by atoms with Gasteiger partial charge in [-0.25, -0.2) is 9.78 Å². The maximum Gasteiger partial charge on any atom is 0.330 e. The zero-order valence-corrected chi connectivity index (χ0v) is 24.4. The smallest absolute Gasteiger partial charge is 0.330 e. The number of likely N-dealkylation sites (N-methyl/N-ethyl adjacent to an activating group) is 1. The predicted octanol–water partition coefficient (Wildman–Crippen LogP) is 3.81. The lowest BCUT2D eigenvalue weighted by Crippen LogP contribution is -2.41. The minimum atomic E-state index is -0.562. The largest absolute Gasteiger partial charge is 0.471 e. The van der Waals surface area contributed by atoms with Crippen molar-refractivity contribution >= 4 is 16.9 Å². The van der Waals surface area contributed by atoms with Gasteiger partial charge in [-0.1, -0.05) is 11.6 Å². The highest BCUT2D eigenvalue weighted by Gasteiger charge is 2.48. The molecule has 3 fully saturated rings. The molecule has 4 atom stereocenters. The van der Waals surface area contributed by atoms with Crippen molar-refractivity contribution in [2.24, 2.45) is 0 Å². The molecule has 0 aromatic carbocycles. The molecule has 3 aromatic heterocycles. The highest BCUT2D eigenvalue weighted by Crippen LogP contribution is 2.47. The van der Waals surface area contributed by atoms with Crippen LogP contribution >= 0.6 is 0 Å². The topological polar surface area (TPSA) is 118 Å². The van der Waals surface area contributed by atoms with E-state index in [9.17, 15) is 9.59 Å². The third-order valence-electron chi connectivity index (χ3n) is 10.0. The Labute approximate surface area is 239 Å². The Morgan fingerprint density at radius 2 is 1.95 bits per heavy atom. The molecule has 7 rings (SSSR count). The molecule has 0 N–H and O–H groups in total. The quantitative estimate of drug-likeness (QED) is 0.440. The van der Waals surface area contributed by atoms with Crippen molar-refractivity contribution in [3.05, 3.63) is 21.7 Å². The average Bonchev–Trinajstić information content (AvgIpc) is 3.76. The van der Waals surface area contributed by atoms with Crippen LogP contribution in [-0.4, -0.2) is 73.9 Å². The number of hydrogen-bond donors (Lipinski definition) is 0. The molecule has 2 aliphatic heterocycles. The van der Waals surface area contributed by atoms with E-state index < -0.39 is 5.41 Å². The van der Waals surface area contributed by atoms with E-state index in [1.807, 2.05) is 6.92 Å². The van der Waals surface area contributed by atoms with Gasteiger partial charge >= 0.3 is 5.69 Å². The summed E-state index contributed by atoms with van der Waals surface area (Å²) in [5, 5.41) is 4.53. The van der Waals surface area contributed by atoms with Crippen molar-refractivity contribution in [3.8, 4) is 17.5 Å². The highest BCUT2D eigenvalue weighted by atomic mass is 16.5. The minimum absolute atomic E-state index is 0.112. The number of aryl methyl sites for hydroxylation is 1. The van der Waals surface area contributed by atoms with Gasteiger partial charge in [-0.2, -0.15) is 4.98 Å². The van der Waals surface area contributed by atoms with Crippen molar-refractivity contribution in [2.75, 3.05) is 26.8 Å². The number of fused-ring (bicyclic) bond motifs is 3. The summed E-state index contributed by atoms with van der Waals surface area (Å²) >= 11 is 0. The molecule has 220 valence electrons. The third kappa shape index (κ3) is 4.18. The Hall–Kier alpha value is -3.05. The fourth-order valence-electron chi connectivity index (χ4n) is 7.84. The van der Waals surface area contributed by atoms with E-state index in [0.717, 1.165) is 75.6 Å². The first-order valence-corrected chi connectivity index (χ1v) is 15.4. The van der Waals surface area contributed by atoms with Crippen LogP contribution in [0.2, 0.25) is 0 Å². The van der Waals surface area contributed by atoms with Gasteiger partial charge in [-0.15, -0.1) is 0 Å². The second-order valence-electron chi connectivity index (χ2n) is 12.4. The number of rotatable bonds is 6. The second kappa shape index (κ2) is 10.3. The number of ketones is 1. The number of nitrogens with zero attached hydrogens (tertiary/aromatic N) is 6. The molecule has 0 bridgehead atoms. The molecule has 0 unspecified atom stereocenters. The number of carbonyl (C=O) groups excluding carboxylic acids is 1. The van der Waals surface area contributed by atoms with Crippen LogP contribution in [0.3, 0.4) is 0 Å². The molecule has 5 heterocycles. The summed E-state index contributed by atoms with van der Waals surface area (Å²) in [5.74, 6) is 1.50. The lowest BCUT2D eigenvalue weighted by molar-refractivity contribution is -0.127. The molecule has 0 radical (unpaired) electrons. The standard InChI is InChI=1S/C30H40N6O5/c1-4-35-23-27(36(29(35)38)19-12-16-39-17-19)31-26(32-28(23)40-18(2)21-10-8-15-34(21)3)24-20-9-7-14-30(25(20)33-41-24)13-6-5-11-22(30)37/h18-19,21H,4-17H2,1-3H3/t18-,19+,21-,30+/m0/s1. The Kier molecular flexibility index (Phi) is 6.77. The number of carbonyl (C=O) groups is 1. The van der Waals surface area contributed by atoms with E-state index in [2.05, 4.69) is 24.0 Å². The monoisotopic (exact) mass is 564 g/mol. The Bertz CT molecular complexity index is 1530. The van der Waals surface area contributed by atoms with E-state index in [1.165, 1.54) is 0 Å². The summed E-state index contributed by atoms with van der Waals surface area (Å²) < 4.78 is 21.8. The van der Waals surface area contributed by atoms with Crippen LogP contribution in [0.5, 0.6) is 5.88 Å². The first kappa shape index (κ1) is 26.8. The molecule has 11 nitrogen and oxygen atoms in total. The second-order valence-corrected chi connectivity index (χ2v) is 12.4. The maximum absolute atomic E-state index is 13.8. The van der Waals surface area contributed by atoms with Crippen LogP contribution in [0, 0.1) is 0 Å². The predicted molar refractivity (Wildman–Crippen MR) is 151 cm³/mol. The van der Waals surface area contributed by atoms with E-state index in [4.69, 9.17) is 24.0 Å². The van der Waals surface area contributed by atoms with Crippen LogP contribution in [0.25, 0.3) is 22.7 Å². The summed E-state index contributed by atoms with van der Waals surface area (Å²) in [6.07, 6.45) is 8.58. The van der Waals surface area contributed by atoms with Crippen molar-refractivity contribution in [2.45, 2.75) is 108 Å². The van der Waals surface area contributed by atoms with Gasteiger partial charge in [0.15, 0.2) is 11.2 Å². The molecular formula is C30H40N6O5. The third-order valence-corrected chi connectivity index (χ3v) is 10.0. The molecule has 1 spiro atoms. The van der Waals surface area contributed by atoms with Crippen LogP contribution in [0.15, 0.2) is 9.32 Å². The normalized spacial score (nSPS) is 27.6. The van der Waals surface area contributed by atoms with Crippen molar-refractivity contribution in [3.63, 3.8) is 0 Å². The lowest BCUT2D eigenvalue weighted by atomic mass is 9.64. The fourth-order valence-corrected chi connectivity index (χ4v) is 7.84. The first-order valence-electron chi connectivity index (χ1n) is 15.4. The van der Waals surface area contributed by atoms with Gasteiger partial charge in [0.25, 0.3) is 0 Å². The molecule has 3 aromatic rings. The first-order chi connectivity index (χ1) is 19.9. The van der Waals surface area contributed by atoms with Crippen molar-refractivity contribution < 1.29 is 18.8 Å². The fraction of sp³-hybridized carbons (Fsp3) is 0.700. The number of aromatic nitrogens is 5. The Morgan fingerprint density at radius 3 is 2.68 bits per heavy atom. The van der Waals surface area contributed by atoms with Crippen LogP contribution in [0.1, 0.15) is 88.9 Å². The van der Waals surface area contributed by atoms with Gasteiger partial charge in [-0.05, 0) is 78.8 Å². The SMILES string of the molecule is CCn1c(=O)n([C@@H]2CCOC2)c2nc(-c3onc4c3CCC[C@@]43CCCCC3=O)nc(O[C@@H](C)[C@@H]3CCCN3C)c21. The molecule has 2 saturated heterocycles. The summed E-state index contributed by atoms with van der Waals surface area (Å²) in [6, 6.07) is 0.143. The van der Waals surface area contributed by atoms with Crippen LogP contribution in [-0.2, 0) is 27.9 Å². The molecule has 11 heteroatoms. The molecule has 0 amide bonds. The number of ether oxygens (including phenoxy) is 2. The lowest BCUT2D eigenvalue weighted by Gasteiger charge is -2.37.